The molecule has 4 heteroatoms. The molecule has 1 aromatic carbocycles. The molecule has 78 valence electrons. The molecule has 1 aromatic heterocycles. The molecular formula is C11H11ClN2S. The molecule has 2 rings (SSSR count). The molecule has 0 saturated heterocycles. The van der Waals surface area contributed by atoms with E-state index in [1.54, 1.807) is 0 Å². The van der Waals surface area contributed by atoms with E-state index in [2.05, 4.69) is 29.4 Å². The van der Waals surface area contributed by atoms with Crippen LogP contribution in [0.3, 0.4) is 0 Å². The van der Waals surface area contributed by atoms with E-state index in [0.29, 0.717) is 5.15 Å². The number of halogens is 1. The second kappa shape index (κ2) is 4.64. The maximum atomic E-state index is 5.73. The Morgan fingerprint density at radius 3 is 2.87 bits per heavy atom. The van der Waals surface area contributed by atoms with Crippen LogP contribution in [0, 0.1) is 6.92 Å². The van der Waals surface area contributed by atoms with Gasteiger partial charge in [0, 0.05) is 11.9 Å². The Balaban J connectivity index is 2.02. The molecule has 0 radical (unpaired) electrons. The van der Waals surface area contributed by atoms with Crippen molar-refractivity contribution in [2.75, 3.05) is 5.32 Å². The number of nitrogens with one attached hydrogen (secondary N) is 1. The number of nitrogens with zero attached hydrogens (tertiary/aromatic N) is 1. The highest BCUT2D eigenvalue weighted by molar-refractivity contribution is 7.14. The van der Waals surface area contributed by atoms with Crippen LogP contribution in [0.1, 0.15) is 11.1 Å². The second-order valence-corrected chi connectivity index (χ2v) is 4.50. The Hall–Kier alpha value is -1.06. The minimum absolute atomic E-state index is 0.548. The molecule has 1 heterocycles. The minimum Gasteiger partial charge on any atom is -0.357 e. The van der Waals surface area contributed by atoms with Crippen LogP contribution < -0.4 is 5.32 Å². The van der Waals surface area contributed by atoms with Gasteiger partial charge in [0.2, 0.25) is 0 Å². The zero-order valence-electron chi connectivity index (χ0n) is 8.33. The van der Waals surface area contributed by atoms with Crippen LogP contribution in [0.4, 0.5) is 5.13 Å². The van der Waals surface area contributed by atoms with E-state index in [1.165, 1.54) is 22.5 Å². The Kier molecular flexibility index (Phi) is 3.23. The highest BCUT2D eigenvalue weighted by Gasteiger charge is 2.00. The fourth-order valence-corrected chi connectivity index (χ4v) is 2.15. The van der Waals surface area contributed by atoms with Crippen molar-refractivity contribution in [1.29, 1.82) is 0 Å². The van der Waals surface area contributed by atoms with Crippen molar-refractivity contribution in [2.24, 2.45) is 0 Å². The lowest BCUT2D eigenvalue weighted by Crippen LogP contribution is -2.00. The van der Waals surface area contributed by atoms with Gasteiger partial charge in [0.15, 0.2) is 5.13 Å². The van der Waals surface area contributed by atoms with Crippen LogP contribution in [-0.4, -0.2) is 4.98 Å². The molecule has 0 aliphatic rings. The number of rotatable bonds is 3. The number of anilines is 1. The first-order valence-corrected chi connectivity index (χ1v) is 5.91. The maximum Gasteiger partial charge on any atom is 0.184 e. The maximum absolute atomic E-state index is 5.73. The van der Waals surface area contributed by atoms with Gasteiger partial charge in [-0.05, 0) is 18.1 Å². The van der Waals surface area contributed by atoms with E-state index in [4.69, 9.17) is 11.6 Å². The first-order valence-electron chi connectivity index (χ1n) is 4.65. The van der Waals surface area contributed by atoms with Crippen molar-refractivity contribution in [3.63, 3.8) is 0 Å². The van der Waals surface area contributed by atoms with Gasteiger partial charge >= 0.3 is 0 Å². The van der Waals surface area contributed by atoms with Gasteiger partial charge in [0.25, 0.3) is 0 Å². The summed E-state index contributed by atoms with van der Waals surface area (Å²) < 4.78 is 0. The summed E-state index contributed by atoms with van der Waals surface area (Å²) in [5.74, 6) is 0. The van der Waals surface area contributed by atoms with E-state index >= 15 is 0 Å². The number of thiazole rings is 1. The smallest absolute Gasteiger partial charge is 0.184 e. The van der Waals surface area contributed by atoms with E-state index in [-0.39, 0.29) is 0 Å². The lowest BCUT2D eigenvalue weighted by atomic mass is 10.1. The highest BCUT2D eigenvalue weighted by atomic mass is 35.5. The van der Waals surface area contributed by atoms with Crippen LogP contribution >= 0.6 is 22.9 Å². The zero-order valence-corrected chi connectivity index (χ0v) is 9.90. The van der Waals surface area contributed by atoms with Gasteiger partial charge in [-0.25, -0.2) is 4.98 Å². The summed E-state index contributed by atoms with van der Waals surface area (Å²) in [6.07, 6.45) is 0. The SMILES string of the molecule is Cc1ccccc1CNc1nc(Cl)cs1. The molecule has 0 aliphatic carbocycles. The summed E-state index contributed by atoms with van der Waals surface area (Å²) in [6.45, 7) is 2.89. The van der Waals surface area contributed by atoms with Gasteiger partial charge in [0.1, 0.15) is 5.15 Å². The van der Waals surface area contributed by atoms with Crippen molar-refractivity contribution in [3.05, 3.63) is 45.9 Å². The van der Waals surface area contributed by atoms with Crippen molar-refractivity contribution in [3.8, 4) is 0 Å². The van der Waals surface area contributed by atoms with Crippen LogP contribution in [-0.2, 0) is 6.54 Å². The topological polar surface area (TPSA) is 24.9 Å². The van der Waals surface area contributed by atoms with Gasteiger partial charge in [-0.3, -0.25) is 0 Å². The summed E-state index contributed by atoms with van der Waals surface area (Å²) >= 11 is 7.25. The molecule has 0 aliphatic heterocycles. The lowest BCUT2D eigenvalue weighted by molar-refractivity contribution is 1.11. The van der Waals surface area contributed by atoms with E-state index in [1.807, 2.05) is 17.5 Å². The second-order valence-electron chi connectivity index (χ2n) is 3.26. The number of hydrogen-bond donors (Lipinski definition) is 1. The third kappa shape index (κ3) is 2.70. The van der Waals surface area contributed by atoms with Gasteiger partial charge < -0.3 is 5.32 Å². The monoisotopic (exact) mass is 238 g/mol. The number of benzene rings is 1. The Labute approximate surface area is 97.9 Å². The van der Waals surface area contributed by atoms with E-state index in [0.717, 1.165) is 11.7 Å². The summed E-state index contributed by atoms with van der Waals surface area (Å²) in [7, 11) is 0. The highest BCUT2D eigenvalue weighted by Crippen LogP contribution is 2.19. The first-order chi connectivity index (χ1) is 7.25. The van der Waals surface area contributed by atoms with Crippen molar-refractivity contribution in [1.82, 2.24) is 4.98 Å². The molecule has 0 atom stereocenters. The van der Waals surface area contributed by atoms with Crippen molar-refractivity contribution >= 4 is 28.1 Å². The fourth-order valence-electron chi connectivity index (χ4n) is 1.31. The zero-order chi connectivity index (χ0) is 10.7. The molecule has 2 nitrogen and oxygen atoms in total. The molecule has 0 spiro atoms. The predicted molar refractivity (Wildman–Crippen MR) is 65.6 cm³/mol. The van der Waals surface area contributed by atoms with Crippen LogP contribution in [0.15, 0.2) is 29.6 Å². The predicted octanol–water partition coefficient (Wildman–Crippen LogP) is 3.72. The van der Waals surface area contributed by atoms with Crippen LogP contribution in [0.25, 0.3) is 0 Å². The number of aryl methyl sites for hydroxylation is 1. The van der Waals surface area contributed by atoms with Gasteiger partial charge in [0.05, 0.1) is 0 Å². The van der Waals surface area contributed by atoms with Crippen molar-refractivity contribution < 1.29 is 0 Å². The van der Waals surface area contributed by atoms with Gasteiger partial charge in [-0.1, -0.05) is 35.9 Å². The standard InChI is InChI=1S/C11H11ClN2S/c1-8-4-2-3-5-9(8)6-13-11-14-10(12)7-15-11/h2-5,7H,6H2,1H3,(H,13,14). The largest absolute Gasteiger partial charge is 0.357 e. The Morgan fingerprint density at radius 2 is 2.20 bits per heavy atom. The van der Waals surface area contributed by atoms with E-state index in [9.17, 15) is 0 Å². The first kappa shape index (κ1) is 10.5. The van der Waals surface area contributed by atoms with E-state index < -0.39 is 0 Å². The fraction of sp³-hybridized carbons (Fsp3) is 0.182. The van der Waals surface area contributed by atoms with Crippen LogP contribution in [0.5, 0.6) is 0 Å². The molecule has 2 aromatic rings. The number of aromatic nitrogens is 1. The quantitative estimate of drug-likeness (QED) is 0.882. The summed E-state index contributed by atoms with van der Waals surface area (Å²) in [6, 6.07) is 8.29. The third-order valence-corrected chi connectivity index (χ3v) is 3.29. The molecular weight excluding hydrogens is 228 g/mol. The molecule has 15 heavy (non-hydrogen) atoms. The summed E-state index contributed by atoms with van der Waals surface area (Å²) in [5.41, 5.74) is 2.57. The van der Waals surface area contributed by atoms with Gasteiger partial charge in [-0.15, -0.1) is 11.3 Å². The molecule has 0 bridgehead atoms. The molecule has 1 N–H and O–H groups in total. The Bertz CT molecular complexity index is 453. The minimum atomic E-state index is 0.548. The molecule has 0 fully saturated rings. The van der Waals surface area contributed by atoms with Gasteiger partial charge in [-0.2, -0.15) is 0 Å². The average Bonchev–Trinajstić information content (AvgIpc) is 2.63. The molecule has 0 saturated carbocycles. The van der Waals surface area contributed by atoms with Crippen molar-refractivity contribution in [2.45, 2.75) is 13.5 Å². The van der Waals surface area contributed by atoms with Crippen LogP contribution in [0.2, 0.25) is 5.15 Å². The number of hydrogen-bond acceptors (Lipinski definition) is 3. The lowest BCUT2D eigenvalue weighted by Gasteiger charge is -2.05. The normalized spacial score (nSPS) is 10.3. The molecule has 0 unspecified atom stereocenters. The summed E-state index contributed by atoms with van der Waals surface area (Å²) in [5, 5.41) is 6.48. The third-order valence-electron chi connectivity index (χ3n) is 2.17. The molecule has 0 amide bonds. The Morgan fingerprint density at radius 1 is 1.40 bits per heavy atom. The summed E-state index contributed by atoms with van der Waals surface area (Å²) in [4.78, 5) is 4.13. The average molecular weight is 239 g/mol.